The number of hydrogen-bond donors (Lipinski definition) is 2. The molecule has 0 bridgehead atoms. The summed E-state index contributed by atoms with van der Waals surface area (Å²) in [5, 5.41) is 2.85. The van der Waals surface area contributed by atoms with Gasteiger partial charge in [-0.05, 0) is 35.7 Å². The molecule has 1 heterocycles. The third-order valence-electron chi connectivity index (χ3n) is 3.02. The summed E-state index contributed by atoms with van der Waals surface area (Å²) in [6.07, 6.45) is 3.42. The summed E-state index contributed by atoms with van der Waals surface area (Å²) in [5.41, 5.74) is 7.88. The second-order valence-electron chi connectivity index (χ2n) is 5.50. The molecular weight excluding hydrogens is 278 g/mol. The molecule has 116 valence electrons. The van der Waals surface area contributed by atoms with Crippen molar-refractivity contribution in [2.45, 2.75) is 20.4 Å². The van der Waals surface area contributed by atoms with Crippen molar-refractivity contribution >= 4 is 11.6 Å². The second kappa shape index (κ2) is 7.45. The number of benzene rings is 1. The van der Waals surface area contributed by atoms with Gasteiger partial charge in [0.05, 0.1) is 12.3 Å². The Kier molecular flexibility index (Phi) is 5.36. The molecule has 0 radical (unpaired) electrons. The number of nitrogens with one attached hydrogen (secondary N) is 1. The van der Waals surface area contributed by atoms with Crippen LogP contribution in [0.25, 0.3) is 0 Å². The fraction of sp³-hybridized carbons (Fsp3) is 0.294. The minimum atomic E-state index is -0.168. The van der Waals surface area contributed by atoms with Crippen LogP contribution in [0.5, 0.6) is 5.75 Å². The lowest BCUT2D eigenvalue weighted by Gasteiger charge is -2.12. The third kappa shape index (κ3) is 4.48. The minimum absolute atomic E-state index is 0.168. The molecular formula is C17H21N3O2. The number of carbonyl (C=O) groups excluding carboxylic acids is 1. The molecule has 3 N–H and O–H groups in total. The summed E-state index contributed by atoms with van der Waals surface area (Å²) in [4.78, 5) is 16.2. The highest BCUT2D eigenvalue weighted by atomic mass is 16.5. The predicted molar refractivity (Wildman–Crippen MR) is 86.6 cm³/mol. The number of nitrogens with two attached hydrogens (primary N) is 1. The highest BCUT2D eigenvalue weighted by Gasteiger charge is 2.10. The van der Waals surface area contributed by atoms with Crippen molar-refractivity contribution in [3.8, 4) is 5.75 Å². The minimum Gasteiger partial charge on any atom is -0.491 e. The number of nitrogens with zero attached hydrogens (tertiary/aromatic N) is 1. The molecule has 0 aliphatic heterocycles. The summed E-state index contributed by atoms with van der Waals surface area (Å²) in [6.45, 7) is 5.10. The lowest BCUT2D eigenvalue weighted by Crippen LogP contribution is -2.23. The van der Waals surface area contributed by atoms with Gasteiger partial charge in [-0.2, -0.15) is 0 Å². The summed E-state index contributed by atoms with van der Waals surface area (Å²) in [5.74, 6) is 0.767. The number of ether oxygens (including phenoxy) is 1. The fourth-order valence-corrected chi connectivity index (χ4v) is 1.84. The molecule has 0 saturated carbocycles. The van der Waals surface area contributed by atoms with Crippen LogP contribution in [0.15, 0.2) is 42.7 Å². The molecule has 5 nitrogen and oxygen atoms in total. The molecule has 1 aromatic heterocycles. The van der Waals surface area contributed by atoms with E-state index in [0.717, 1.165) is 5.56 Å². The highest BCUT2D eigenvalue weighted by Crippen LogP contribution is 2.23. The lowest BCUT2D eigenvalue weighted by atomic mass is 10.1. The maximum atomic E-state index is 12.2. The third-order valence-corrected chi connectivity index (χ3v) is 3.02. The van der Waals surface area contributed by atoms with E-state index in [-0.39, 0.29) is 5.91 Å². The Hall–Kier alpha value is -2.56. The molecule has 0 unspecified atom stereocenters. The van der Waals surface area contributed by atoms with E-state index in [1.54, 1.807) is 30.6 Å². The molecule has 0 atom stereocenters. The molecule has 1 aromatic carbocycles. The van der Waals surface area contributed by atoms with E-state index >= 15 is 0 Å². The molecule has 0 fully saturated rings. The van der Waals surface area contributed by atoms with E-state index in [9.17, 15) is 4.79 Å². The van der Waals surface area contributed by atoms with Crippen LogP contribution in [0, 0.1) is 5.92 Å². The Morgan fingerprint density at radius 1 is 1.36 bits per heavy atom. The first-order valence-corrected chi connectivity index (χ1v) is 7.25. The molecule has 0 spiro atoms. The van der Waals surface area contributed by atoms with E-state index in [2.05, 4.69) is 24.1 Å². The maximum absolute atomic E-state index is 12.2. The quantitative estimate of drug-likeness (QED) is 0.804. The number of rotatable bonds is 6. The van der Waals surface area contributed by atoms with E-state index in [1.807, 2.05) is 12.1 Å². The standard InChI is InChI=1S/C17H21N3O2/c1-12(2)11-22-16-8-14(5-6-15(16)18)17(21)20-10-13-4-3-7-19-9-13/h3-9,12H,10-11,18H2,1-2H3,(H,20,21). The Bertz CT molecular complexity index is 627. The van der Waals surface area contributed by atoms with Gasteiger partial charge in [0, 0.05) is 24.5 Å². The van der Waals surface area contributed by atoms with E-state index in [1.165, 1.54) is 0 Å². The number of carbonyl (C=O) groups is 1. The first-order chi connectivity index (χ1) is 10.6. The van der Waals surface area contributed by atoms with Crippen molar-refractivity contribution in [3.05, 3.63) is 53.9 Å². The van der Waals surface area contributed by atoms with Gasteiger partial charge in [0.25, 0.3) is 5.91 Å². The highest BCUT2D eigenvalue weighted by molar-refractivity contribution is 5.95. The smallest absolute Gasteiger partial charge is 0.251 e. The summed E-state index contributed by atoms with van der Waals surface area (Å²) in [7, 11) is 0. The summed E-state index contributed by atoms with van der Waals surface area (Å²) >= 11 is 0. The summed E-state index contributed by atoms with van der Waals surface area (Å²) < 4.78 is 5.64. The van der Waals surface area contributed by atoms with Gasteiger partial charge in [0.15, 0.2) is 0 Å². The van der Waals surface area contributed by atoms with Gasteiger partial charge in [0.1, 0.15) is 5.75 Å². The van der Waals surface area contributed by atoms with Crippen molar-refractivity contribution in [2.75, 3.05) is 12.3 Å². The van der Waals surface area contributed by atoms with Gasteiger partial charge in [-0.25, -0.2) is 0 Å². The van der Waals surface area contributed by atoms with Crippen molar-refractivity contribution in [1.82, 2.24) is 10.3 Å². The molecule has 0 aliphatic rings. The molecule has 0 aliphatic carbocycles. The van der Waals surface area contributed by atoms with Crippen LogP contribution in [0.3, 0.4) is 0 Å². The van der Waals surface area contributed by atoms with Crippen LogP contribution in [-0.2, 0) is 6.54 Å². The van der Waals surface area contributed by atoms with Gasteiger partial charge in [-0.3, -0.25) is 9.78 Å². The maximum Gasteiger partial charge on any atom is 0.251 e. The molecule has 2 rings (SSSR count). The predicted octanol–water partition coefficient (Wildman–Crippen LogP) is 2.63. The van der Waals surface area contributed by atoms with Gasteiger partial charge < -0.3 is 15.8 Å². The van der Waals surface area contributed by atoms with Crippen molar-refractivity contribution in [1.29, 1.82) is 0 Å². The Labute approximate surface area is 130 Å². The van der Waals surface area contributed by atoms with Gasteiger partial charge in [-0.15, -0.1) is 0 Å². The normalized spacial score (nSPS) is 10.5. The van der Waals surface area contributed by atoms with Crippen molar-refractivity contribution in [3.63, 3.8) is 0 Å². The topological polar surface area (TPSA) is 77.2 Å². The number of pyridine rings is 1. The van der Waals surface area contributed by atoms with Crippen LogP contribution >= 0.6 is 0 Å². The van der Waals surface area contributed by atoms with Crippen LogP contribution in [0.4, 0.5) is 5.69 Å². The number of amides is 1. The lowest BCUT2D eigenvalue weighted by molar-refractivity contribution is 0.0950. The Morgan fingerprint density at radius 3 is 2.86 bits per heavy atom. The first-order valence-electron chi connectivity index (χ1n) is 7.25. The summed E-state index contributed by atoms with van der Waals surface area (Å²) in [6, 6.07) is 8.80. The SMILES string of the molecule is CC(C)COc1cc(C(=O)NCc2cccnc2)ccc1N. The van der Waals surface area contributed by atoms with E-state index in [4.69, 9.17) is 10.5 Å². The van der Waals surface area contributed by atoms with Crippen molar-refractivity contribution in [2.24, 2.45) is 5.92 Å². The average molecular weight is 299 g/mol. The van der Waals surface area contributed by atoms with Crippen LogP contribution in [-0.4, -0.2) is 17.5 Å². The number of anilines is 1. The molecule has 5 heteroatoms. The van der Waals surface area contributed by atoms with Crippen molar-refractivity contribution < 1.29 is 9.53 Å². The van der Waals surface area contributed by atoms with E-state index in [0.29, 0.717) is 36.1 Å². The molecule has 0 saturated heterocycles. The fourth-order valence-electron chi connectivity index (χ4n) is 1.84. The van der Waals surface area contributed by atoms with Gasteiger partial charge in [-0.1, -0.05) is 19.9 Å². The number of nitrogen functional groups attached to an aromatic ring is 1. The Morgan fingerprint density at radius 2 is 2.18 bits per heavy atom. The average Bonchev–Trinajstić information content (AvgIpc) is 2.52. The van der Waals surface area contributed by atoms with Crippen LogP contribution in [0.2, 0.25) is 0 Å². The molecule has 22 heavy (non-hydrogen) atoms. The zero-order chi connectivity index (χ0) is 15.9. The molecule has 1 amide bonds. The van der Waals surface area contributed by atoms with Gasteiger partial charge >= 0.3 is 0 Å². The zero-order valence-corrected chi connectivity index (χ0v) is 12.9. The Balaban J connectivity index is 2.01. The molecule has 2 aromatic rings. The van der Waals surface area contributed by atoms with E-state index < -0.39 is 0 Å². The number of aromatic nitrogens is 1. The number of hydrogen-bond acceptors (Lipinski definition) is 4. The second-order valence-corrected chi connectivity index (χ2v) is 5.50. The van der Waals surface area contributed by atoms with Crippen LogP contribution in [0.1, 0.15) is 29.8 Å². The largest absolute Gasteiger partial charge is 0.491 e. The zero-order valence-electron chi connectivity index (χ0n) is 12.9. The van der Waals surface area contributed by atoms with Gasteiger partial charge in [0.2, 0.25) is 0 Å². The first kappa shape index (κ1) is 15.8. The van der Waals surface area contributed by atoms with Crippen LogP contribution < -0.4 is 15.8 Å². The monoisotopic (exact) mass is 299 g/mol.